The average molecular weight is 315 g/mol. The fraction of sp³-hybridized carbons (Fsp3) is 0.0625. The molecule has 0 aromatic heterocycles. The molecule has 0 spiro atoms. The third-order valence-electron chi connectivity index (χ3n) is 3.28. The van der Waals surface area contributed by atoms with Gasteiger partial charge in [-0.2, -0.15) is 0 Å². The van der Waals surface area contributed by atoms with E-state index in [9.17, 15) is 14.7 Å². The summed E-state index contributed by atoms with van der Waals surface area (Å²) in [7, 11) is 0. The molecule has 1 unspecified atom stereocenters. The van der Waals surface area contributed by atoms with Crippen LogP contribution in [0.1, 0.15) is 11.1 Å². The van der Waals surface area contributed by atoms with Gasteiger partial charge in [0.15, 0.2) is 0 Å². The summed E-state index contributed by atoms with van der Waals surface area (Å²) in [6, 6.07) is 12.6. The van der Waals surface area contributed by atoms with Crippen LogP contribution in [0.2, 0.25) is 5.02 Å². The fourth-order valence-electron chi connectivity index (χ4n) is 2.28. The quantitative estimate of drug-likeness (QED) is 0.836. The second-order valence-electron chi connectivity index (χ2n) is 4.76. The largest absolute Gasteiger partial charge is 0.479 e. The summed E-state index contributed by atoms with van der Waals surface area (Å²) in [5.41, 5.74) is 2.25. The number of hydrogen-bond acceptors (Lipinski definition) is 3. The normalized spacial score (nSPS) is 17.0. The third-order valence-corrected chi connectivity index (χ3v) is 3.52. The van der Waals surface area contributed by atoms with Crippen molar-refractivity contribution in [2.24, 2.45) is 4.99 Å². The number of fused-ring (bicyclic) bond motifs is 1. The van der Waals surface area contributed by atoms with Gasteiger partial charge in [-0.05, 0) is 18.2 Å². The molecule has 3 rings (SSSR count). The van der Waals surface area contributed by atoms with E-state index in [0.29, 0.717) is 22.0 Å². The summed E-state index contributed by atoms with van der Waals surface area (Å²) in [6.07, 6.45) is 0. The second kappa shape index (κ2) is 5.61. The van der Waals surface area contributed by atoms with Crippen molar-refractivity contribution in [1.29, 1.82) is 0 Å². The molecule has 0 aliphatic carbocycles. The molecular weight excluding hydrogens is 304 g/mol. The number of aliphatic imine (C=N–C) groups is 1. The monoisotopic (exact) mass is 314 g/mol. The van der Waals surface area contributed by atoms with E-state index >= 15 is 0 Å². The molecular formula is C16H11ClN2O3. The van der Waals surface area contributed by atoms with Crippen LogP contribution in [0.15, 0.2) is 53.5 Å². The number of nitrogens with one attached hydrogen (secondary N) is 1. The highest BCUT2D eigenvalue weighted by Gasteiger charge is 2.31. The maximum absolute atomic E-state index is 12.1. The van der Waals surface area contributed by atoms with Gasteiger partial charge in [0.25, 0.3) is 5.91 Å². The van der Waals surface area contributed by atoms with Crippen LogP contribution >= 0.6 is 11.6 Å². The topological polar surface area (TPSA) is 78.8 Å². The van der Waals surface area contributed by atoms with Crippen LogP contribution in [0, 0.1) is 0 Å². The molecule has 110 valence electrons. The second-order valence-corrected chi connectivity index (χ2v) is 5.20. The maximum Gasteiger partial charge on any atom is 0.338 e. The van der Waals surface area contributed by atoms with Gasteiger partial charge in [0, 0.05) is 16.1 Å². The van der Waals surface area contributed by atoms with E-state index < -0.39 is 17.9 Å². The number of halogens is 1. The van der Waals surface area contributed by atoms with Crippen LogP contribution in [-0.2, 0) is 9.59 Å². The Bertz CT molecular complexity index is 787. The summed E-state index contributed by atoms with van der Waals surface area (Å²) >= 11 is 5.96. The van der Waals surface area contributed by atoms with Crippen molar-refractivity contribution in [3.8, 4) is 0 Å². The molecule has 0 saturated heterocycles. The molecule has 2 aromatic rings. The first kappa shape index (κ1) is 14.3. The molecule has 1 atom stereocenters. The number of carboxylic acids is 1. The van der Waals surface area contributed by atoms with Gasteiger partial charge in [-0.25, -0.2) is 4.79 Å². The molecule has 0 saturated carbocycles. The lowest BCUT2D eigenvalue weighted by atomic mass is 10.0. The van der Waals surface area contributed by atoms with Crippen molar-refractivity contribution in [2.45, 2.75) is 6.04 Å². The zero-order valence-electron chi connectivity index (χ0n) is 11.3. The van der Waals surface area contributed by atoms with E-state index in [1.54, 1.807) is 18.2 Å². The van der Waals surface area contributed by atoms with Crippen molar-refractivity contribution in [3.05, 3.63) is 64.7 Å². The summed E-state index contributed by atoms with van der Waals surface area (Å²) in [5, 5.41) is 12.3. The smallest absolute Gasteiger partial charge is 0.338 e. The van der Waals surface area contributed by atoms with Crippen LogP contribution in [-0.4, -0.2) is 28.7 Å². The number of aliphatic carboxylic acids is 1. The summed E-state index contributed by atoms with van der Waals surface area (Å²) in [6.45, 7) is 0. The molecule has 1 amide bonds. The Kier molecular flexibility index (Phi) is 3.65. The number of anilines is 1. The van der Waals surface area contributed by atoms with Crippen LogP contribution in [0.3, 0.4) is 0 Å². The Hall–Kier alpha value is -2.66. The molecule has 0 bridgehead atoms. The van der Waals surface area contributed by atoms with E-state index in [-0.39, 0.29) is 0 Å². The molecule has 5 nitrogen and oxygen atoms in total. The third kappa shape index (κ3) is 2.58. The van der Waals surface area contributed by atoms with Gasteiger partial charge >= 0.3 is 5.97 Å². The van der Waals surface area contributed by atoms with Gasteiger partial charge in [0.1, 0.15) is 0 Å². The predicted molar refractivity (Wildman–Crippen MR) is 83.6 cm³/mol. The number of carboxylic acid groups (broad SMARTS) is 1. The summed E-state index contributed by atoms with van der Waals surface area (Å²) in [4.78, 5) is 27.5. The van der Waals surface area contributed by atoms with Crippen LogP contribution in [0.4, 0.5) is 5.69 Å². The Labute approximate surface area is 131 Å². The Morgan fingerprint density at radius 3 is 2.59 bits per heavy atom. The fourth-order valence-corrected chi connectivity index (χ4v) is 2.45. The van der Waals surface area contributed by atoms with Gasteiger partial charge in [-0.15, -0.1) is 0 Å². The number of amides is 1. The first-order chi connectivity index (χ1) is 10.6. The van der Waals surface area contributed by atoms with Crippen LogP contribution in [0.25, 0.3) is 0 Å². The van der Waals surface area contributed by atoms with Gasteiger partial charge in [-0.1, -0.05) is 41.9 Å². The Morgan fingerprint density at radius 2 is 1.91 bits per heavy atom. The Balaban J connectivity index is 2.24. The highest BCUT2D eigenvalue weighted by Crippen LogP contribution is 2.27. The molecule has 1 aliphatic heterocycles. The number of carbonyl (C=O) groups is 2. The Morgan fingerprint density at radius 1 is 1.18 bits per heavy atom. The van der Waals surface area contributed by atoms with E-state index in [1.165, 1.54) is 0 Å². The lowest BCUT2D eigenvalue weighted by molar-refractivity contribution is -0.141. The average Bonchev–Trinajstić information content (AvgIpc) is 2.63. The highest BCUT2D eigenvalue weighted by atomic mass is 35.5. The number of nitrogens with zero attached hydrogens (tertiary/aromatic N) is 1. The van der Waals surface area contributed by atoms with Crippen molar-refractivity contribution >= 4 is 34.9 Å². The van der Waals surface area contributed by atoms with Crippen LogP contribution in [0.5, 0.6) is 0 Å². The van der Waals surface area contributed by atoms with E-state index in [4.69, 9.17) is 11.6 Å². The van der Waals surface area contributed by atoms with Gasteiger partial charge in [0.05, 0.1) is 11.4 Å². The number of benzodiazepines with no additional fused rings is 1. The van der Waals surface area contributed by atoms with Gasteiger partial charge < -0.3 is 10.4 Å². The maximum atomic E-state index is 12.1. The number of hydrogen-bond donors (Lipinski definition) is 2. The molecule has 1 aliphatic rings. The summed E-state index contributed by atoms with van der Waals surface area (Å²) < 4.78 is 0. The minimum absolute atomic E-state index is 0.443. The standard InChI is InChI=1S/C16H11ClN2O3/c17-10-6-7-11-12(8-10)18-15(20)14(16(21)22)19-13(11)9-4-2-1-3-5-9/h1-8,14H,(H,18,20)(H,21,22). The first-order valence-corrected chi connectivity index (χ1v) is 6.91. The van der Waals surface area contributed by atoms with Crippen LogP contribution < -0.4 is 5.32 Å². The van der Waals surface area contributed by atoms with Crippen molar-refractivity contribution in [1.82, 2.24) is 0 Å². The molecule has 22 heavy (non-hydrogen) atoms. The number of carbonyl (C=O) groups excluding carboxylic acids is 1. The van der Waals surface area contributed by atoms with Crippen molar-refractivity contribution < 1.29 is 14.7 Å². The minimum Gasteiger partial charge on any atom is -0.479 e. The minimum atomic E-state index is -1.50. The predicted octanol–water partition coefficient (Wildman–Crippen LogP) is 2.58. The lowest BCUT2D eigenvalue weighted by Crippen LogP contribution is -2.32. The van der Waals surface area contributed by atoms with E-state index in [0.717, 1.165) is 5.56 Å². The SMILES string of the molecule is O=C(O)C1N=C(c2ccccc2)c2ccc(Cl)cc2NC1=O. The zero-order chi connectivity index (χ0) is 15.7. The molecule has 2 aromatic carbocycles. The zero-order valence-corrected chi connectivity index (χ0v) is 12.0. The molecule has 0 fully saturated rings. The van der Waals surface area contributed by atoms with Crippen molar-refractivity contribution in [3.63, 3.8) is 0 Å². The number of benzene rings is 2. The molecule has 2 N–H and O–H groups in total. The highest BCUT2D eigenvalue weighted by molar-refractivity contribution is 6.32. The lowest BCUT2D eigenvalue weighted by Gasteiger charge is -2.10. The van der Waals surface area contributed by atoms with Crippen molar-refractivity contribution in [2.75, 3.05) is 5.32 Å². The molecule has 0 radical (unpaired) electrons. The molecule has 1 heterocycles. The summed E-state index contributed by atoms with van der Waals surface area (Å²) in [5.74, 6) is -1.99. The number of rotatable bonds is 2. The van der Waals surface area contributed by atoms with E-state index in [2.05, 4.69) is 10.3 Å². The van der Waals surface area contributed by atoms with Gasteiger partial charge in [0.2, 0.25) is 6.04 Å². The first-order valence-electron chi connectivity index (χ1n) is 6.53. The van der Waals surface area contributed by atoms with Gasteiger partial charge in [-0.3, -0.25) is 9.79 Å². The van der Waals surface area contributed by atoms with E-state index in [1.807, 2.05) is 30.3 Å². The molecule has 6 heteroatoms.